The summed E-state index contributed by atoms with van der Waals surface area (Å²) in [5.41, 5.74) is 5.76. The molecule has 0 saturated carbocycles. The molecule has 3 rings (SSSR count). The van der Waals surface area contributed by atoms with Gasteiger partial charge in [0, 0.05) is 23.5 Å². The van der Waals surface area contributed by atoms with Gasteiger partial charge in [-0.25, -0.2) is 4.98 Å². The molecule has 0 aliphatic carbocycles. The van der Waals surface area contributed by atoms with Gasteiger partial charge in [0.05, 0.1) is 24.0 Å². The number of alkyl halides is 3. The minimum atomic E-state index is -4.61. The van der Waals surface area contributed by atoms with Crippen LogP contribution in [0.4, 0.5) is 30.4 Å². The van der Waals surface area contributed by atoms with Crippen LogP contribution in [-0.4, -0.2) is 22.4 Å². The molecule has 1 unspecified atom stereocenters. The van der Waals surface area contributed by atoms with Crippen LogP contribution in [0.3, 0.4) is 0 Å². The number of nitrogens with one attached hydrogen (secondary N) is 1. The molecule has 168 valence electrons. The van der Waals surface area contributed by atoms with Gasteiger partial charge < -0.3 is 16.0 Å². The molecular formula is C22H21ClF3N5O. The smallest absolute Gasteiger partial charge is 0.399 e. The molecule has 1 heterocycles. The highest BCUT2D eigenvalue weighted by Crippen LogP contribution is 2.32. The maximum absolute atomic E-state index is 13.2. The Kier molecular flexibility index (Phi) is 6.88. The van der Waals surface area contributed by atoms with E-state index in [1.54, 1.807) is 25.1 Å². The quantitative estimate of drug-likeness (QED) is 0.467. The van der Waals surface area contributed by atoms with Gasteiger partial charge in [0.25, 0.3) is 5.91 Å². The summed E-state index contributed by atoms with van der Waals surface area (Å²) in [5, 5.41) is 3.42. The molecule has 0 saturated heterocycles. The van der Waals surface area contributed by atoms with E-state index in [2.05, 4.69) is 15.3 Å². The van der Waals surface area contributed by atoms with Crippen molar-refractivity contribution >= 4 is 34.7 Å². The van der Waals surface area contributed by atoms with Gasteiger partial charge in [0.1, 0.15) is 11.0 Å². The fourth-order valence-corrected chi connectivity index (χ4v) is 3.36. The molecule has 3 aromatic rings. The van der Waals surface area contributed by atoms with Crippen LogP contribution >= 0.6 is 11.6 Å². The van der Waals surface area contributed by atoms with Crippen LogP contribution in [0.2, 0.25) is 5.15 Å². The summed E-state index contributed by atoms with van der Waals surface area (Å²) in [4.78, 5) is 22.6. The lowest BCUT2D eigenvalue weighted by Crippen LogP contribution is -2.31. The molecule has 0 radical (unpaired) electrons. The van der Waals surface area contributed by atoms with E-state index in [4.69, 9.17) is 17.3 Å². The van der Waals surface area contributed by atoms with Crippen LogP contribution in [0.25, 0.3) is 0 Å². The number of nitrogens with zero attached hydrogens (tertiary/aromatic N) is 3. The fraction of sp³-hybridized carbons (Fsp3) is 0.227. The minimum absolute atomic E-state index is 0.131. The van der Waals surface area contributed by atoms with Crippen LogP contribution in [0, 0.1) is 0 Å². The summed E-state index contributed by atoms with van der Waals surface area (Å²) >= 11 is 5.87. The van der Waals surface area contributed by atoms with Crippen molar-refractivity contribution in [3.8, 4) is 0 Å². The number of halogens is 4. The number of carbonyl (C=O) groups excluding carboxylic acids is 1. The number of carbonyl (C=O) groups is 1. The molecule has 10 heteroatoms. The highest BCUT2D eigenvalue weighted by molar-refractivity contribution is 6.29. The normalized spacial score (nSPS) is 12.3. The Morgan fingerprint density at radius 2 is 1.97 bits per heavy atom. The van der Waals surface area contributed by atoms with Gasteiger partial charge in [0.15, 0.2) is 0 Å². The van der Waals surface area contributed by atoms with Crippen LogP contribution in [0.1, 0.15) is 41.4 Å². The van der Waals surface area contributed by atoms with Crippen molar-refractivity contribution in [2.75, 3.05) is 22.5 Å². The summed E-state index contributed by atoms with van der Waals surface area (Å²) in [6.45, 7) is 3.89. The Morgan fingerprint density at radius 1 is 1.22 bits per heavy atom. The third kappa shape index (κ3) is 5.47. The van der Waals surface area contributed by atoms with Crippen LogP contribution < -0.4 is 16.0 Å². The van der Waals surface area contributed by atoms with Gasteiger partial charge in [-0.15, -0.1) is 0 Å². The second kappa shape index (κ2) is 9.44. The Labute approximate surface area is 188 Å². The number of rotatable bonds is 6. The van der Waals surface area contributed by atoms with E-state index in [1.807, 2.05) is 13.0 Å². The molecule has 32 heavy (non-hydrogen) atoms. The van der Waals surface area contributed by atoms with Crippen LogP contribution in [-0.2, 0) is 6.18 Å². The Balaban J connectivity index is 1.88. The Bertz CT molecular complexity index is 1120. The third-order valence-electron chi connectivity index (χ3n) is 4.74. The van der Waals surface area contributed by atoms with Crippen molar-refractivity contribution in [1.29, 1.82) is 0 Å². The number of nitrogen functional groups attached to an aromatic ring is 1. The summed E-state index contributed by atoms with van der Waals surface area (Å²) < 4.78 is 39.5. The molecule has 0 bridgehead atoms. The predicted molar refractivity (Wildman–Crippen MR) is 119 cm³/mol. The largest absolute Gasteiger partial charge is 0.416 e. The van der Waals surface area contributed by atoms with Crippen LogP contribution in [0.5, 0.6) is 0 Å². The van der Waals surface area contributed by atoms with Crippen molar-refractivity contribution in [2.45, 2.75) is 26.1 Å². The number of anilines is 3. The zero-order valence-electron chi connectivity index (χ0n) is 17.3. The highest BCUT2D eigenvalue weighted by atomic mass is 35.5. The number of hydrogen-bond acceptors (Lipinski definition) is 5. The summed E-state index contributed by atoms with van der Waals surface area (Å²) in [7, 11) is 0. The lowest BCUT2D eigenvalue weighted by atomic mass is 10.1. The van der Waals surface area contributed by atoms with Gasteiger partial charge >= 0.3 is 6.18 Å². The average molecular weight is 464 g/mol. The van der Waals surface area contributed by atoms with Crippen molar-refractivity contribution in [2.24, 2.45) is 0 Å². The first-order valence-electron chi connectivity index (χ1n) is 9.72. The fourth-order valence-electron chi connectivity index (χ4n) is 3.22. The lowest BCUT2D eigenvalue weighted by Gasteiger charge is -2.24. The number of aromatic nitrogens is 2. The molecule has 6 nitrogen and oxygen atoms in total. The second-order valence-electron chi connectivity index (χ2n) is 7.08. The highest BCUT2D eigenvalue weighted by Gasteiger charge is 2.32. The SMILES string of the molecule is CCN(C(=O)c1cc(N)cc(C(F)(F)F)c1)c1cccc(C(C)Nc2cncc(Cl)n2)c1. The van der Waals surface area contributed by atoms with Crippen molar-refractivity contribution in [3.63, 3.8) is 0 Å². The predicted octanol–water partition coefficient (Wildman–Crippen LogP) is 5.57. The topological polar surface area (TPSA) is 84.1 Å². The van der Waals surface area contributed by atoms with E-state index < -0.39 is 17.6 Å². The number of nitrogens with two attached hydrogens (primary N) is 1. The van der Waals surface area contributed by atoms with Crippen molar-refractivity contribution in [3.05, 3.63) is 76.7 Å². The van der Waals surface area contributed by atoms with E-state index in [-0.39, 0.29) is 29.0 Å². The number of benzene rings is 2. The van der Waals surface area contributed by atoms with Crippen molar-refractivity contribution in [1.82, 2.24) is 9.97 Å². The first kappa shape index (κ1) is 23.3. The first-order valence-corrected chi connectivity index (χ1v) is 10.1. The molecule has 2 aromatic carbocycles. The molecule has 0 aliphatic rings. The van der Waals surface area contributed by atoms with E-state index in [0.717, 1.165) is 17.7 Å². The number of hydrogen-bond donors (Lipinski definition) is 2. The molecule has 1 atom stereocenters. The maximum atomic E-state index is 13.2. The van der Waals surface area contributed by atoms with Crippen LogP contribution in [0.15, 0.2) is 54.9 Å². The van der Waals surface area contributed by atoms with Gasteiger partial charge in [-0.05, 0) is 49.7 Å². The van der Waals surface area contributed by atoms with Crippen molar-refractivity contribution < 1.29 is 18.0 Å². The standard InChI is InChI=1S/C22H21ClF3N5O/c1-3-31(21(32)15-7-16(22(24,25)26)10-17(27)8-15)18-6-4-5-14(9-18)13(2)29-20-12-28-11-19(23)30-20/h4-13H,3,27H2,1-2H3,(H,29,30). The maximum Gasteiger partial charge on any atom is 0.416 e. The Morgan fingerprint density at radius 3 is 2.62 bits per heavy atom. The third-order valence-corrected chi connectivity index (χ3v) is 4.92. The molecule has 0 fully saturated rings. The molecular weight excluding hydrogens is 443 g/mol. The molecule has 0 aliphatic heterocycles. The summed E-state index contributed by atoms with van der Waals surface area (Å²) in [5.74, 6) is -0.0953. The lowest BCUT2D eigenvalue weighted by molar-refractivity contribution is -0.137. The summed E-state index contributed by atoms with van der Waals surface area (Å²) in [6, 6.07) is 9.78. The number of amides is 1. The first-order chi connectivity index (χ1) is 15.1. The summed E-state index contributed by atoms with van der Waals surface area (Å²) in [6.07, 6.45) is -1.65. The van der Waals surface area contributed by atoms with E-state index in [9.17, 15) is 18.0 Å². The molecule has 0 spiro atoms. The van der Waals surface area contributed by atoms with Gasteiger partial charge in [-0.3, -0.25) is 9.78 Å². The monoisotopic (exact) mass is 463 g/mol. The average Bonchev–Trinajstić information content (AvgIpc) is 2.73. The minimum Gasteiger partial charge on any atom is -0.399 e. The molecule has 1 amide bonds. The zero-order valence-corrected chi connectivity index (χ0v) is 18.1. The second-order valence-corrected chi connectivity index (χ2v) is 7.47. The van der Waals surface area contributed by atoms with Gasteiger partial charge in [-0.1, -0.05) is 23.7 Å². The van der Waals surface area contributed by atoms with Gasteiger partial charge in [0.2, 0.25) is 0 Å². The zero-order chi connectivity index (χ0) is 23.5. The van der Waals surface area contributed by atoms with E-state index in [0.29, 0.717) is 11.5 Å². The van der Waals surface area contributed by atoms with E-state index >= 15 is 0 Å². The molecule has 1 aromatic heterocycles. The van der Waals surface area contributed by atoms with E-state index in [1.165, 1.54) is 23.4 Å². The van der Waals surface area contributed by atoms with Gasteiger partial charge in [-0.2, -0.15) is 13.2 Å². The Hall–Kier alpha value is -3.33. The molecule has 3 N–H and O–H groups in total.